The molecular weight excluding hydrogens is 190 g/mol. The monoisotopic (exact) mass is 205 g/mol. The average Bonchev–Trinajstić information content (AvgIpc) is 2.15. The van der Waals surface area contributed by atoms with E-state index in [0.29, 0.717) is 17.3 Å². The quantitative estimate of drug-likeness (QED) is 0.779. The lowest BCUT2D eigenvalue weighted by molar-refractivity contribution is 0.0939. The van der Waals surface area contributed by atoms with Crippen molar-refractivity contribution >= 4 is 11.7 Å². The van der Waals surface area contributed by atoms with Crippen LogP contribution in [0, 0.1) is 5.92 Å². The van der Waals surface area contributed by atoms with Crippen LogP contribution in [0.1, 0.15) is 29.6 Å². The van der Waals surface area contributed by atoms with Crippen LogP contribution >= 0.6 is 0 Å². The molecule has 1 saturated carbocycles. The highest BCUT2D eigenvalue weighted by atomic mass is 16.1. The van der Waals surface area contributed by atoms with Crippen LogP contribution in [0.4, 0.5) is 5.82 Å². The van der Waals surface area contributed by atoms with Gasteiger partial charge >= 0.3 is 0 Å². The number of nitrogens with two attached hydrogens (primary N) is 1. The van der Waals surface area contributed by atoms with Gasteiger partial charge in [-0.15, -0.1) is 0 Å². The summed E-state index contributed by atoms with van der Waals surface area (Å²) in [4.78, 5) is 15.5. The molecule has 1 amide bonds. The van der Waals surface area contributed by atoms with Gasteiger partial charge < -0.3 is 11.1 Å². The smallest absolute Gasteiger partial charge is 0.251 e. The molecule has 1 aromatic rings. The Morgan fingerprint density at radius 3 is 3.00 bits per heavy atom. The SMILES string of the molecule is Nc1cc(C(=O)NCC2CCC2)ccn1. The molecule has 4 heteroatoms. The fourth-order valence-corrected chi connectivity index (χ4v) is 1.63. The van der Waals surface area contributed by atoms with E-state index >= 15 is 0 Å². The van der Waals surface area contributed by atoms with Gasteiger partial charge in [0.2, 0.25) is 0 Å². The van der Waals surface area contributed by atoms with Gasteiger partial charge in [0.15, 0.2) is 0 Å². The number of aromatic nitrogens is 1. The Labute approximate surface area is 88.9 Å². The van der Waals surface area contributed by atoms with Crippen molar-refractivity contribution in [1.29, 1.82) is 0 Å². The lowest BCUT2D eigenvalue weighted by Gasteiger charge is -2.25. The molecule has 15 heavy (non-hydrogen) atoms. The van der Waals surface area contributed by atoms with Crippen LogP contribution in [-0.4, -0.2) is 17.4 Å². The molecule has 3 N–H and O–H groups in total. The molecule has 4 nitrogen and oxygen atoms in total. The van der Waals surface area contributed by atoms with Gasteiger partial charge in [-0.1, -0.05) is 6.42 Å². The third-order valence-corrected chi connectivity index (χ3v) is 2.82. The standard InChI is InChI=1S/C11H15N3O/c12-10-6-9(4-5-13-10)11(15)14-7-8-2-1-3-8/h4-6,8H,1-3,7H2,(H2,12,13)(H,14,15). The van der Waals surface area contributed by atoms with Gasteiger partial charge in [0, 0.05) is 18.3 Å². The van der Waals surface area contributed by atoms with Crippen LogP contribution < -0.4 is 11.1 Å². The van der Waals surface area contributed by atoms with E-state index in [4.69, 9.17) is 5.73 Å². The molecule has 0 aliphatic heterocycles. The summed E-state index contributed by atoms with van der Waals surface area (Å²) in [5, 5.41) is 2.91. The number of rotatable bonds is 3. The number of hydrogen-bond donors (Lipinski definition) is 2. The van der Waals surface area contributed by atoms with Crippen molar-refractivity contribution in [3.8, 4) is 0 Å². The van der Waals surface area contributed by atoms with Gasteiger partial charge in [0.1, 0.15) is 5.82 Å². The summed E-state index contributed by atoms with van der Waals surface area (Å²) >= 11 is 0. The molecular formula is C11H15N3O. The topological polar surface area (TPSA) is 68.0 Å². The summed E-state index contributed by atoms with van der Waals surface area (Å²) in [5.74, 6) is 0.996. The van der Waals surface area contributed by atoms with Gasteiger partial charge in [0.05, 0.1) is 0 Å². The molecule has 1 heterocycles. The molecule has 1 fully saturated rings. The van der Waals surface area contributed by atoms with Crippen LogP contribution in [0.5, 0.6) is 0 Å². The summed E-state index contributed by atoms with van der Waals surface area (Å²) in [6.07, 6.45) is 5.31. The van der Waals surface area contributed by atoms with Crippen LogP contribution in [0.25, 0.3) is 0 Å². The van der Waals surface area contributed by atoms with Gasteiger partial charge in [-0.3, -0.25) is 4.79 Å². The summed E-state index contributed by atoms with van der Waals surface area (Å²) < 4.78 is 0. The molecule has 0 spiro atoms. The number of nitrogen functional groups attached to an aromatic ring is 1. The predicted molar refractivity (Wildman–Crippen MR) is 58.3 cm³/mol. The van der Waals surface area contributed by atoms with E-state index in [-0.39, 0.29) is 5.91 Å². The predicted octanol–water partition coefficient (Wildman–Crippen LogP) is 1.19. The maximum atomic E-state index is 11.6. The molecule has 0 aromatic carbocycles. The number of pyridine rings is 1. The fourth-order valence-electron chi connectivity index (χ4n) is 1.63. The zero-order valence-corrected chi connectivity index (χ0v) is 8.57. The lowest BCUT2D eigenvalue weighted by atomic mass is 9.85. The second kappa shape index (κ2) is 4.29. The van der Waals surface area contributed by atoms with Crippen molar-refractivity contribution in [2.75, 3.05) is 12.3 Å². The number of hydrogen-bond acceptors (Lipinski definition) is 3. The van der Waals surface area contributed by atoms with E-state index in [9.17, 15) is 4.79 Å². The fraction of sp³-hybridized carbons (Fsp3) is 0.455. The summed E-state index contributed by atoms with van der Waals surface area (Å²) in [5.41, 5.74) is 6.08. The minimum absolute atomic E-state index is 0.0593. The molecule has 1 aliphatic rings. The molecule has 0 atom stereocenters. The number of nitrogens with zero attached hydrogens (tertiary/aromatic N) is 1. The Balaban J connectivity index is 1.89. The van der Waals surface area contributed by atoms with Crippen LogP contribution in [-0.2, 0) is 0 Å². The molecule has 1 aromatic heterocycles. The van der Waals surface area contributed by atoms with Crippen molar-refractivity contribution in [2.45, 2.75) is 19.3 Å². The highest BCUT2D eigenvalue weighted by molar-refractivity contribution is 5.94. The van der Waals surface area contributed by atoms with Crippen molar-refractivity contribution in [3.63, 3.8) is 0 Å². The third kappa shape index (κ3) is 2.46. The minimum Gasteiger partial charge on any atom is -0.384 e. The largest absolute Gasteiger partial charge is 0.384 e. The molecule has 0 unspecified atom stereocenters. The third-order valence-electron chi connectivity index (χ3n) is 2.82. The lowest BCUT2D eigenvalue weighted by Crippen LogP contribution is -2.32. The number of nitrogens with one attached hydrogen (secondary N) is 1. The van der Waals surface area contributed by atoms with E-state index in [0.717, 1.165) is 6.54 Å². The second-order valence-electron chi connectivity index (χ2n) is 3.98. The van der Waals surface area contributed by atoms with E-state index in [1.807, 2.05) is 0 Å². The molecule has 0 saturated heterocycles. The van der Waals surface area contributed by atoms with Gasteiger partial charge in [-0.25, -0.2) is 4.98 Å². The Morgan fingerprint density at radius 1 is 1.60 bits per heavy atom. The van der Waals surface area contributed by atoms with Gasteiger partial charge in [-0.05, 0) is 30.9 Å². The zero-order valence-electron chi connectivity index (χ0n) is 8.57. The first-order chi connectivity index (χ1) is 7.25. The maximum Gasteiger partial charge on any atom is 0.251 e. The first-order valence-electron chi connectivity index (χ1n) is 5.25. The normalized spacial score (nSPS) is 15.7. The minimum atomic E-state index is -0.0593. The molecule has 2 rings (SSSR count). The Kier molecular flexibility index (Phi) is 2.85. The van der Waals surface area contributed by atoms with Crippen molar-refractivity contribution < 1.29 is 4.79 Å². The van der Waals surface area contributed by atoms with Gasteiger partial charge in [0.25, 0.3) is 5.91 Å². The highest BCUT2D eigenvalue weighted by Gasteiger charge is 2.18. The molecule has 0 bridgehead atoms. The van der Waals surface area contributed by atoms with E-state index in [1.54, 1.807) is 18.3 Å². The Hall–Kier alpha value is -1.58. The first-order valence-corrected chi connectivity index (χ1v) is 5.25. The van der Waals surface area contributed by atoms with Crippen LogP contribution in [0.3, 0.4) is 0 Å². The molecule has 1 aliphatic carbocycles. The summed E-state index contributed by atoms with van der Waals surface area (Å²) in [6, 6.07) is 3.27. The Bertz CT molecular complexity index is 361. The van der Waals surface area contributed by atoms with Crippen LogP contribution in [0.15, 0.2) is 18.3 Å². The average molecular weight is 205 g/mol. The molecule has 0 radical (unpaired) electrons. The Morgan fingerprint density at radius 2 is 2.40 bits per heavy atom. The first kappa shape index (κ1) is 9.96. The highest BCUT2D eigenvalue weighted by Crippen LogP contribution is 2.25. The zero-order chi connectivity index (χ0) is 10.7. The summed E-state index contributed by atoms with van der Waals surface area (Å²) in [7, 11) is 0. The van der Waals surface area contributed by atoms with E-state index in [2.05, 4.69) is 10.3 Å². The van der Waals surface area contributed by atoms with Crippen molar-refractivity contribution in [1.82, 2.24) is 10.3 Å². The number of carbonyl (C=O) groups is 1. The number of amides is 1. The number of anilines is 1. The van der Waals surface area contributed by atoms with Gasteiger partial charge in [-0.2, -0.15) is 0 Å². The number of carbonyl (C=O) groups excluding carboxylic acids is 1. The second-order valence-corrected chi connectivity index (χ2v) is 3.98. The van der Waals surface area contributed by atoms with Crippen molar-refractivity contribution in [3.05, 3.63) is 23.9 Å². The van der Waals surface area contributed by atoms with Crippen LogP contribution in [0.2, 0.25) is 0 Å². The van der Waals surface area contributed by atoms with E-state index in [1.165, 1.54) is 19.3 Å². The summed E-state index contributed by atoms with van der Waals surface area (Å²) in [6.45, 7) is 0.779. The molecule has 80 valence electrons. The maximum absolute atomic E-state index is 11.6. The van der Waals surface area contributed by atoms with Crippen molar-refractivity contribution in [2.24, 2.45) is 5.92 Å². The van der Waals surface area contributed by atoms with E-state index < -0.39 is 0 Å².